The number of methoxy groups -OCH3 is 2. The number of rotatable bonds is 4. The molecule has 3 heterocycles. The number of aromatic nitrogens is 2. The first-order valence-corrected chi connectivity index (χ1v) is 9.82. The van der Waals surface area contributed by atoms with Crippen molar-refractivity contribution in [2.75, 3.05) is 38.8 Å². The molecule has 148 valence electrons. The predicted molar refractivity (Wildman–Crippen MR) is 104 cm³/mol. The van der Waals surface area contributed by atoms with E-state index >= 15 is 0 Å². The molecule has 0 radical (unpaired) electrons. The first kappa shape index (κ1) is 19.9. The van der Waals surface area contributed by atoms with Gasteiger partial charge in [0.15, 0.2) is 11.5 Å². The Kier molecular flexibility index (Phi) is 5.35. The van der Waals surface area contributed by atoms with Gasteiger partial charge in [-0.2, -0.15) is 12.7 Å². The van der Waals surface area contributed by atoms with Gasteiger partial charge in [0.1, 0.15) is 12.1 Å². The van der Waals surface area contributed by atoms with Gasteiger partial charge in [-0.15, -0.1) is 12.4 Å². The highest BCUT2D eigenvalue weighted by molar-refractivity contribution is 7.86. The van der Waals surface area contributed by atoms with Crippen LogP contribution in [0.3, 0.4) is 0 Å². The molecule has 2 fully saturated rings. The van der Waals surface area contributed by atoms with E-state index in [4.69, 9.17) is 14.6 Å². The van der Waals surface area contributed by atoms with Gasteiger partial charge in [-0.05, 0) is 18.4 Å². The van der Waals surface area contributed by atoms with Gasteiger partial charge in [0.25, 0.3) is 10.2 Å². The monoisotopic (exact) mass is 415 g/mol. The van der Waals surface area contributed by atoms with Gasteiger partial charge >= 0.3 is 0 Å². The molecule has 4 rings (SSSR count). The third-order valence-electron chi connectivity index (χ3n) is 5.13. The Morgan fingerprint density at radius 2 is 1.81 bits per heavy atom. The van der Waals surface area contributed by atoms with E-state index in [1.54, 1.807) is 14.2 Å². The van der Waals surface area contributed by atoms with Crippen LogP contribution in [0.25, 0.3) is 10.9 Å². The van der Waals surface area contributed by atoms with Gasteiger partial charge in [0.05, 0.1) is 19.7 Å². The van der Waals surface area contributed by atoms with E-state index in [1.165, 1.54) is 10.6 Å². The number of piperidine rings is 1. The Hall–Kier alpha value is -1.88. The molecule has 2 saturated heterocycles. The van der Waals surface area contributed by atoms with E-state index in [0.29, 0.717) is 24.6 Å². The number of fused-ring (bicyclic) bond motifs is 3. The summed E-state index contributed by atoms with van der Waals surface area (Å²) >= 11 is 0. The molecule has 2 aliphatic rings. The summed E-state index contributed by atoms with van der Waals surface area (Å²) in [4.78, 5) is 11.0. The molecule has 2 bridgehead atoms. The Labute approximate surface area is 164 Å². The van der Waals surface area contributed by atoms with Crippen LogP contribution in [-0.2, 0) is 10.2 Å². The molecule has 2 aromatic rings. The molecule has 0 aliphatic carbocycles. The largest absolute Gasteiger partial charge is 0.493 e. The summed E-state index contributed by atoms with van der Waals surface area (Å²) in [6, 6.07) is 3.72. The minimum atomic E-state index is -3.68. The van der Waals surface area contributed by atoms with Gasteiger partial charge in [-0.25, -0.2) is 15.1 Å². The van der Waals surface area contributed by atoms with E-state index < -0.39 is 10.2 Å². The van der Waals surface area contributed by atoms with Crippen molar-refractivity contribution in [2.45, 2.75) is 12.5 Å². The minimum absolute atomic E-state index is 0. The number of nitrogens with two attached hydrogens (primary N) is 1. The summed E-state index contributed by atoms with van der Waals surface area (Å²) in [6.07, 6.45) is 2.44. The van der Waals surface area contributed by atoms with Crippen LogP contribution in [0, 0.1) is 5.92 Å². The highest BCUT2D eigenvalue weighted by Gasteiger charge is 2.42. The molecule has 9 nitrogen and oxygen atoms in total. The maximum absolute atomic E-state index is 11.7. The molecule has 0 spiro atoms. The van der Waals surface area contributed by atoms with Gasteiger partial charge in [-0.3, -0.25) is 0 Å². The van der Waals surface area contributed by atoms with Crippen molar-refractivity contribution in [3.63, 3.8) is 0 Å². The topological polar surface area (TPSA) is 111 Å². The molecule has 2 unspecified atom stereocenters. The van der Waals surface area contributed by atoms with E-state index in [1.807, 2.05) is 12.1 Å². The van der Waals surface area contributed by atoms with E-state index in [0.717, 1.165) is 29.7 Å². The quantitative estimate of drug-likeness (QED) is 0.785. The lowest BCUT2D eigenvalue weighted by Gasteiger charge is -2.31. The van der Waals surface area contributed by atoms with Crippen LogP contribution in [0.15, 0.2) is 18.5 Å². The number of ether oxygens (including phenoxy) is 2. The van der Waals surface area contributed by atoms with Gasteiger partial charge in [0, 0.05) is 37.1 Å². The maximum atomic E-state index is 11.7. The summed E-state index contributed by atoms with van der Waals surface area (Å²) < 4.78 is 35.6. The molecule has 11 heteroatoms. The number of hydrogen-bond acceptors (Lipinski definition) is 7. The summed E-state index contributed by atoms with van der Waals surface area (Å²) in [6.45, 7) is 1.55. The van der Waals surface area contributed by atoms with E-state index in [9.17, 15) is 8.42 Å². The number of halogens is 1. The van der Waals surface area contributed by atoms with Crippen molar-refractivity contribution >= 4 is 39.3 Å². The number of anilines is 1. The van der Waals surface area contributed by atoms with Crippen LogP contribution >= 0.6 is 12.4 Å². The first-order valence-electron chi connectivity index (χ1n) is 8.32. The Bertz CT molecular complexity index is 957. The van der Waals surface area contributed by atoms with Crippen LogP contribution in [0.5, 0.6) is 11.5 Å². The van der Waals surface area contributed by atoms with Gasteiger partial charge in [-0.1, -0.05) is 0 Å². The molecule has 2 aliphatic heterocycles. The lowest BCUT2D eigenvalue weighted by Crippen LogP contribution is -2.47. The molecule has 27 heavy (non-hydrogen) atoms. The van der Waals surface area contributed by atoms with Crippen molar-refractivity contribution in [3.05, 3.63) is 18.5 Å². The fourth-order valence-corrected chi connectivity index (χ4v) is 4.78. The number of hydrogen-bond donors (Lipinski definition) is 1. The van der Waals surface area contributed by atoms with Crippen LogP contribution < -0.4 is 19.5 Å². The average molecular weight is 416 g/mol. The smallest absolute Gasteiger partial charge is 0.276 e. The molecule has 0 amide bonds. The Balaban J connectivity index is 0.00000210. The zero-order chi connectivity index (χ0) is 18.5. The van der Waals surface area contributed by atoms with Crippen LogP contribution in [0.2, 0.25) is 0 Å². The second-order valence-corrected chi connectivity index (χ2v) is 8.24. The Morgan fingerprint density at radius 1 is 1.11 bits per heavy atom. The van der Waals surface area contributed by atoms with Gasteiger partial charge in [0.2, 0.25) is 0 Å². The third kappa shape index (κ3) is 3.49. The maximum Gasteiger partial charge on any atom is 0.276 e. The molecular formula is C16H22ClN5O4S. The van der Waals surface area contributed by atoms with E-state index in [-0.39, 0.29) is 24.4 Å². The zero-order valence-electron chi connectivity index (χ0n) is 15.0. The summed E-state index contributed by atoms with van der Waals surface area (Å²) in [5.41, 5.74) is 0.748. The molecule has 1 aromatic carbocycles. The zero-order valence-corrected chi connectivity index (χ0v) is 16.7. The van der Waals surface area contributed by atoms with Gasteiger partial charge < -0.3 is 14.4 Å². The summed E-state index contributed by atoms with van der Waals surface area (Å²) in [5, 5.41) is 6.18. The second-order valence-electron chi connectivity index (χ2n) is 6.69. The van der Waals surface area contributed by atoms with Crippen LogP contribution in [0.1, 0.15) is 6.42 Å². The third-order valence-corrected chi connectivity index (χ3v) is 6.15. The van der Waals surface area contributed by atoms with Crippen molar-refractivity contribution in [3.8, 4) is 11.5 Å². The number of nitrogens with zero attached hydrogens (tertiary/aromatic N) is 4. The average Bonchev–Trinajstić information content (AvgIpc) is 2.92. The standard InChI is InChI=1S/C16H21N5O4S.ClH/c1-24-14-4-12-13(5-15(14)25-2)18-9-19-16(12)21-7-10-3-11(21)8-20(6-10)26(17,22)23;/h4-5,9-11H,3,6-8H2,1-2H3,(H2,17,22,23);1H. The van der Waals surface area contributed by atoms with Crippen molar-refractivity contribution in [1.29, 1.82) is 0 Å². The Morgan fingerprint density at radius 3 is 2.48 bits per heavy atom. The second kappa shape index (κ2) is 7.27. The SMILES string of the molecule is COc1cc2ncnc(N3CC4CC3CN(S(N)(=O)=O)C4)c2cc1OC.Cl. The molecule has 0 saturated carbocycles. The number of benzene rings is 1. The molecule has 2 atom stereocenters. The minimum Gasteiger partial charge on any atom is -0.493 e. The van der Waals surface area contributed by atoms with Crippen molar-refractivity contribution in [1.82, 2.24) is 14.3 Å². The highest BCUT2D eigenvalue weighted by Crippen LogP contribution is 2.39. The van der Waals surface area contributed by atoms with Crippen molar-refractivity contribution in [2.24, 2.45) is 11.1 Å². The fourth-order valence-electron chi connectivity index (χ4n) is 3.98. The van der Waals surface area contributed by atoms with E-state index in [2.05, 4.69) is 14.9 Å². The lowest BCUT2D eigenvalue weighted by atomic mass is 10.0. The normalized spacial score (nSPS) is 22.6. The molecule has 1 aromatic heterocycles. The van der Waals surface area contributed by atoms with Crippen molar-refractivity contribution < 1.29 is 17.9 Å². The van der Waals surface area contributed by atoms with Crippen LogP contribution in [0.4, 0.5) is 5.82 Å². The van der Waals surface area contributed by atoms with Crippen LogP contribution in [-0.4, -0.2) is 62.6 Å². The predicted octanol–water partition coefficient (Wildman–Crippen LogP) is 0.783. The summed E-state index contributed by atoms with van der Waals surface area (Å²) in [5.74, 6) is 2.21. The summed E-state index contributed by atoms with van der Waals surface area (Å²) in [7, 11) is -0.518. The fraction of sp³-hybridized carbons (Fsp3) is 0.500. The molecular weight excluding hydrogens is 394 g/mol. The first-order chi connectivity index (χ1) is 12.4. The highest BCUT2D eigenvalue weighted by atomic mass is 35.5. The molecule has 2 N–H and O–H groups in total. The lowest BCUT2D eigenvalue weighted by molar-refractivity contribution is 0.298.